The van der Waals surface area contributed by atoms with Crippen molar-refractivity contribution in [3.05, 3.63) is 83.3 Å². The van der Waals surface area contributed by atoms with Gasteiger partial charge in [-0.05, 0) is 35.9 Å². The van der Waals surface area contributed by atoms with Crippen LogP contribution in [0.5, 0.6) is 0 Å². The Kier molecular flexibility index (Phi) is 3.42. The fourth-order valence-corrected chi connectivity index (χ4v) is 3.05. The Bertz CT molecular complexity index is 1020. The van der Waals surface area contributed by atoms with E-state index in [0.29, 0.717) is 33.3 Å². The van der Waals surface area contributed by atoms with E-state index >= 15 is 0 Å². The molecule has 4 nitrogen and oxygen atoms in total. The van der Waals surface area contributed by atoms with Gasteiger partial charge in [0.15, 0.2) is 0 Å². The van der Waals surface area contributed by atoms with Gasteiger partial charge in [0.1, 0.15) is 5.82 Å². The van der Waals surface area contributed by atoms with Crippen LogP contribution < -0.4 is 0 Å². The van der Waals surface area contributed by atoms with E-state index in [1.54, 1.807) is 48.5 Å². The Morgan fingerprint density at radius 2 is 1.72 bits per heavy atom. The second-order valence-electron chi connectivity index (χ2n) is 5.78. The summed E-state index contributed by atoms with van der Waals surface area (Å²) in [5.41, 5.74) is 2.34. The Balaban J connectivity index is 1.78. The maximum atomic E-state index is 13.9. The van der Waals surface area contributed by atoms with Crippen molar-refractivity contribution in [1.82, 2.24) is 9.88 Å². The number of rotatable bonds is 3. The lowest BCUT2D eigenvalue weighted by molar-refractivity contribution is 0.0640. The van der Waals surface area contributed by atoms with Crippen LogP contribution in [0.2, 0.25) is 0 Å². The molecule has 4 rings (SSSR count). The minimum absolute atomic E-state index is 0.0140. The zero-order chi connectivity index (χ0) is 17.6. The summed E-state index contributed by atoms with van der Waals surface area (Å²) in [4.78, 5) is 30.6. The molecule has 0 saturated carbocycles. The number of nitrogens with zero attached hydrogens (tertiary/aromatic N) is 2. The van der Waals surface area contributed by atoms with Gasteiger partial charge in [-0.2, -0.15) is 0 Å². The molecule has 0 saturated heterocycles. The molecule has 5 heteroatoms. The van der Waals surface area contributed by atoms with Gasteiger partial charge in [-0.25, -0.2) is 4.39 Å². The Morgan fingerprint density at radius 3 is 2.36 bits per heavy atom. The third-order valence-corrected chi connectivity index (χ3v) is 4.32. The number of amides is 2. The van der Waals surface area contributed by atoms with Crippen molar-refractivity contribution in [3.8, 4) is 0 Å². The number of pyridine rings is 1. The van der Waals surface area contributed by atoms with Crippen LogP contribution in [-0.4, -0.2) is 21.7 Å². The third kappa shape index (κ3) is 2.32. The Labute approximate surface area is 143 Å². The summed E-state index contributed by atoms with van der Waals surface area (Å²) in [6.07, 6.45) is 1.55. The third-order valence-electron chi connectivity index (χ3n) is 4.32. The molecule has 3 aromatic rings. The Hall–Kier alpha value is -3.34. The molecule has 0 atom stereocenters. The molecule has 2 aromatic carbocycles. The number of benzene rings is 2. The highest BCUT2D eigenvalue weighted by atomic mass is 19.1. The monoisotopic (exact) mass is 332 g/mol. The normalized spacial score (nSPS) is 13.4. The van der Waals surface area contributed by atoms with Crippen molar-refractivity contribution >= 4 is 28.8 Å². The quantitative estimate of drug-likeness (QED) is 0.685. The van der Waals surface area contributed by atoms with Crippen LogP contribution in [0.3, 0.4) is 0 Å². The van der Waals surface area contributed by atoms with E-state index in [1.807, 2.05) is 0 Å². The van der Waals surface area contributed by atoms with Gasteiger partial charge < -0.3 is 0 Å². The highest BCUT2D eigenvalue weighted by molar-refractivity contribution is 6.21. The molecule has 0 spiro atoms. The molecule has 1 aromatic heterocycles. The largest absolute Gasteiger partial charge is 0.269 e. The summed E-state index contributed by atoms with van der Waals surface area (Å²) in [7, 11) is 0. The van der Waals surface area contributed by atoms with Gasteiger partial charge in [-0.15, -0.1) is 0 Å². The van der Waals surface area contributed by atoms with Crippen molar-refractivity contribution in [3.63, 3.8) is 0 Å². The summed E-state index contributed by atoms with van der Waals surface area (Å²) < 4.78 is 13.9. The Morgan fingerprint density at radius 1 is 1.04 bits per heavy atom. The van der Waals surface area contributed by atoms with Gasteiger partial charge in [-0.3, -0.25) is 19.5 Å². The lowest BCUT2D eigenvalue weighted by Crippen LogP contribution is -2.29. The summed E-state index contributed by atoms with van der Waals surface area (Å²) >= 11 is 0. The number of halogens is 1. The van der Waals surface area contributed by atoms with Crippen molar-refractivity contribution < 1.29 is 14.0 Å². The van der Waals surface area contributed by atoms with Crippen molar-refractivity contribution in [1.29, 1.82) is 0 Å². The van der Waals surface area contributed by atoms with E-state index in [4.69, 9.17) is 0 Å². The number of hydrogen-bond acceptors (Lipinski definition) is 3. The standard InChI is InChI=1S/C20H13FN2O2/c1-2-12-10-15-16(21)8-5-9-17(15)22-18(12)11-23-19(24)13-6-3-4-7-14(13)20(23)25/h2-10H,1,11H2. The van der Waals surface area contributed by atoms with Crippen LogP contribution in [0.4, 0.5) is 4.39 Å². The summed E-state index contributed by atoms with van der Waals surface area (Å²) in [6.45, 7) is 3.74. The van der Waals surface area contributed by atoms with E-state index in [1.165, 1.54) is 6.07 Å². The van der Waals surface area contributed by atoms with Crippen LogP contribution in [0.1, 0.15) is 32.0 Å². The maximum Gasteiger partial charge on any atom is 0.261 e. The first-order valence-electron chi connectivity index (χ1n) is 7.76. The molecule has 2 amide bonds. The van der Waals surface area contributed by atoms with Gasteiger partial charge >= 0.3 is 0 Å². The van der Waals surface area contributed by atoms with Gasteiger partial charge in [0, 0.05) is 5.39 Å². The van der Waals surface area contributed by atoms with Crippen LogP contribution in [0.15, 0.2) is 55.1 Å². The number of carbonyl (C=O) groups is 2. The van der Waals surface area contributed by atoms with E-state index in [9.17, 15) is 14.0 Å². The van der Waals surface area contributed by atoms with E-state index in [2.05, 4.69) is 11.6 Å². The lowest BCUT2D eigenvalue weighted by Gasteiger charge is -2.15. The topological polar surface area (TPSA) is 50.3 Å². The summed E-state index contributed by atoms with van der Waals surface area (Å²) in [6, 6.07) is 13.0. The van der Waals surface area contributed by atoms with Crippen LogP contribution >= 0.6 is 0 Å². The lowest BCUT2D eigenvalue weighted by atomic mass is 10.1. The first-order chi connectivity index (χ1) is 12.1. The van der Waals surface area contributed by atoms with Crippen LogP contribution in [-0.2, 0) is 6.54 Å². The predicted octanol–water partition coefficient (Wildman–Crippen LogP) is 3.81. The van der Waals surface area contributed by atoms with Gasteiger partial charge in [0.2, 0.25) is 0 Å². The maximum absolute atomic E-state index is 13.9. The molecule has 1 aliphatic rings. The molecule has 1 aliphatic heterocycles. The highest BCUT2D eigenvalue weighted by Crippen LogP contribution is 2.26. The van der Waals surface area contributed by atoms with Gasteiger partial charge in [-0.1, -0.05) is 30.9 Å². The highest BCUT2D eigenvalue weighted by Gasteiger charge is 2.35. The number of carbonyl (C=O) groups excluding carboxylic acids is 2. The predicted molar refractivity (Wildman–Crippen MR) is 92.4 cm³/mol. The molecule has 0 fully saturated rings. The van der Waals surface area contributed by atoms with Crippen molar-refractivity contribution in [2.75, 3.05) is 0 Å². The van der Waals surface area contributed by atoms with E-state index in [0.717, 1.165) is 4.90 Å². The number of aromatic nitrogens is 1. The van der Waals surface area contributed by atoms with E-state index < -0.39 is 0 Å². The fraction of sp³-hybridized carbons (Fsp3) is 0.0500. The second kappa shape index (κ2) is 5.63. The average Bonchev–Trinajstić information content (AvgIpc) is 2.87. The SMILES string of the molecule is C=Cc1cc2c(F)cccc2nc1CN1C(=O)c2ccccc2C1=O. The summed E-state index contributed by atoms with van der Waals surface area (Å²) in [5.74, 6) is -1.08. The van der Waals surface area contributed by atoms with Gasteiger partial charge in [0.25, 0.3) is 11.8 Å². The minimum Gasteiger partial charge on any atom is -0.269 e. The molecule has 0 aliphatic carbocycles. The minimum atomic E-state index is -0.375. The molecule has 0 N–H and O–H groups in total. The first-order valence-corrected chi connectivity index (χ1v) is 7.76. The number of imide groups is 1. The fourth-order valence-electron chi connectivity index (χ4n) is 3.05. The summed E-state index contributed by atoms with van der Waals surface area (Å²) in [5, 5.41) is 0.378. The second-order valence-corrected chi connectivity index (χ2v) is 5.78. The van der Waals surface area contributed by atoms with Crippen molar-refractivity contribution in [2.45, 2.75) is 6.54 Å². The molecule has 0 radical (unpaired) electrons. The van der Waals surface area contributed by atoms with Crippen molar-refractivity contribution in [2.24, 2.45) is 0 Å². The molecule has 0 bridgehead atoms. The van der Waals surface area contributed by atoms with Crippen LogP contribution in [0, 0.1) is 5.82 Å². The first kappa shape index (κ1) is 15.2. The smallest absolute Gasteiger partial charge is 0.261 e. The molecule has 2 heterocycles. The number of fused-ring (bicyclic) bond motifs is 2. The van der Waals surface area contributed by atoms with Gasteiger partial charge in [0.05, 0.1) is 28.9 Å². The molecular formula is C20H13FN2O2. The average molecular weight is 332 g/mol. The molecule has 122 valence electrons. The zero-order valence-corrected chi connectivity index (χ0v) is 13.2. The van der Waals surface area contributed by atoms with E-state index in [-0.39, 0.29) is 24.2 Å². The molecular weight excluding hydrogens is 319 g/mol. The molecule has 25 heavy (non-hydrogen) atoms. The number of hydrogen-bond donors (Lipinski definition) is 0. The zero-order valence-electron chi connectivity index (χ0n) is 13.2. The van der Waals surface area contributed by atoms with Crippen LogP contribution in [0.25, 0.3) is 17.0 Å². The molecule has 0 unspecified atom stereocenters.